The maximum atomic E-state index is 5.71. The van der Waals surface area contributed by atoms with Crippen LogP contribution >= 0.6 is 0 Å². The zero-order valence-electron chi connectivity index (χ0n) is 9.52. The van der Waals surface area contributed by atoms with Crippen LogP contribution in [0.15, 0.2) is 16.5 Å². The van der Waals surface area contributed by atoms with Crippen LogP contribution in [0.25, 0.3) is 0 Å². The smallest absolute Gasteiger partial charge is 0.221 e. The Hall–Kier alpha value is -0.840. The van der Waals surface area contributed by atoms with Crippen LogP contribution in [0.4, 0.5) is 0 Å². The minimum atomic E-state index is -0.290. The molecule has 2 saturated heterocycles. The number of nitrogens with zero attached hydrogens (tertiary/aromatic N) is 1. The van der Waals surface area contributed by atoms with Gasteiger partial charge >= 0.3 is 0 Å². The Morgan fingerprint density at radius 2 is 2.00 bits per heavy atom. The summed E-state index contributed by atoms with van der Waals surface area (Å²) in [6.07, 6.45) is 2.22. The molecule has 0 radical (unpaired) electrons. The quantitative estimate of drug-likeness (QED) is 0.787. The van der Waals surface area contributed by atoms with Gasteiger partial charge in [-0.25, -0.2) is 0 Å². The minimum Gasteiger partial charge on any atom is -0.459 e. The summed E-state index contributed by atoms with van der Waals surface area (Å²) in [4.78, 5) is 2.41. The van der Waals surface area contributed by atoms with Crippen LogP contribution in [0.1, 0.15) is 37.6 Å². The highest BCUT2D eigenvalue weighted by Crippen LogP contribution is 2.32. The Bertz CT molecular complexity index is 351. The maximum Gasteiger partial charge on any atom is 0.221 e. The van der Waals surface area contributed by atoms with E-state index >= 15 is 0 Å². The van der Waals surface area contributed by atoms with Crippen LogP contribution in [0.5, 0.6) is 0 Å². The number of hydrogen-bond donors (Lipinski definition) is 0. The van der Waals surface area contributed by atoms with Gasteiger partial charge in [-0.15, -0.1) is 0 Å². The van der Waals surface area contributed by atoms with Crippen LogP contribution < -0.4 is 0 Å². The second kappa shape index (κ2) is 4.20. The number of hydrogen-bond acceptors (Lipinski definition) is 4. The van der Waals surface area contributed by atoms with E-state index < -0.39 is 0 Å². The first-order chi connectivity index (χ1) is 7.81. The Morgan fingerprint density at radius 3 is 2.69 bits per heavy atom. The highest BCUT2D eigenvalue weighted by atomic mass is 16.9. The molecule has 0 spiro atoms. The van der Waals surface area contributed by atoms with Crippen molar-refractivity contribution >= 4 is 0 Å². The molecule has 0 N–H and O–H groups in total. The topological polar surface area (TPSA) is 34.8 Å². The van der Waals surface area contributed by atoms with E-state index in [9.17, 15) is 0 Å². The zero-order chi connectivity index (χ0) is 11.0. The van der Waals surface area contributed by atoms with Crippen molar-refractivity contribution in [2.75, 3.05) is 13.1 Å². The first-order valence-corrected chi connectivity index (χ1v) is 5.93. The van der Waals surface area contributed by atoms with Crippen molar-refractivity contribution in [3.63, 3.8) is 0 Å². The number of likely N-dealkylation sites (tertiary alicyclic amines) is 1. The summed E-state index contributed by atoms with van der Waals surface area (Å²) >= 11 is 0. The molecular formula is C12H17NO3. The van der Waals surface area contributed by atoms with E-state index in [0.717, 1.165) is 18.1 Å². The van der Waals surface area contributed by atoms with Crippen molar-refractivity contribution in [3.8, 4) is 0 Å². The van der Waals surface area contributed by atoms with E-state index in [0.29, 0.717) is 0 Å². The van der Waals surface area contributed by atoms with Gasteiger partial charge in [0.05, 0.1) is 6.54 Å². The highest BCUT2D eigenvalue weighted by Gasteiger charge is 2.31. The average Bonchev–Trinajstić information content (AvgIpc) is 2.85. The van der Waals surface area contributed by atoms with Gasteiger partial charge < -0.3 is 13.9 Å². The molecule has 2 aliphatic rings. The van der Waals surface area contributed by atoms with E-state index in [1.54, 1.807) is 0 Å². The molecule has 16 heavy (non-hydrogen) atoms. The first-order valence-electron chi connectivity index (χ1n) is 5.93. The first kappa shape index (κ1) is 10.3. The van der Waals surface area contributed by atoms with Crippen LogP contribution in [0, 0.1) is 0 Å². The molecule has 0 bridgehead atoms. The highest BCUT2D eigenvalue weighted by molar-refractivity contribution is 5.09. The molecule has 3 heterocycles. The van der Waals surface area contributed by atoms with E-state index in [-0.39, 0.29) is 12.6 Å². The van der Waals surface area contributed by atoms with Gasteiger partial charge in [-0.1, -0.05) is 0 Å². The Balaban J connectivity index is 1.59. The summed E-state index contributed by atoms with van der Waals surface area (Å²) in [6.45, 7) is 5.15. The molecular weight excluding hydrogens is 206 g/mol. The number of ether oxygens (including phenoxy) is 2. The van der Waals surface area contributed by atoms with Gasteiger partial charge in [0.25, 0.3) is 0 Å². The lowest BCUT2D eigenvalue weighted by molar-refractivity contribution is -0.387. The molecule has 1 aromatic rings. The Labute approximate surface area is 95.1 Å². The predicted molar refractivity (Wildman–Crippen MR) is 57.6 cm³/mol. The molecule has 0 atom stereocenters. The third-order valence-corrected chi connectivity index (χ3v) is 3.12. The molecule has 2 aliphatic heterocycles. The summed E-state index contributed by atoms with van der Waals surface area (Å²) in [7, 11) is 0. The monoisotopic (exact) mass is 223 g/mol. The lowest BCUT2D eigenvalue weighted by Crippen LogP contribution is -2.31. The molecule has 88 valence electrons. The van der Waals surface area contributed by atoms with Gasteiger partial charge in [-0.2, -0.15) is 0 Å². The van der Waals surface area contributed by atoms with E-state index in [1.165, 1.54) is 25.9 Å². The van der Waals surface area contributed by atoms with E-state index in [1.807, 2.05) is 19.1 Å². The molecule has 0 aromatic carbocycles. The third kappa shape index (κ3) is 2.00. The van der Waals surface area contributed by atoms with Crippen molar-refractivity contribution in [2.24, 2.45) is 0 Å². The number of furan rings is 1. The summed E-state index contributed by atoms with van der Waals surface area (Å²) in [5.74, 6) is 1.79. The molecule has 0 saturated carbocycles. The summed E-state index contributed by atoms with van der Waals surface area (Å²) in [5.41, 5.74) is 0. The fraction of sp³-hybridized carbons (Fsp3) is 0.667. The zero-order valence-corrected chi connectivity index (χ0v) is 9.52. The van der Waals surface area contributed by atoms with Gasteiger partial charge in [0.15, 0.2) is 12.1 Å². The fourth-order valence-corrected chi connectivity index (χ4v) is 2.26. The summed E-state index contributed by atoms with van der Waals surface area (Å²) in [5, 5.41) is 0. The van der Waals surface area contributed by atoms with Crippen molar-refractivity contribution < 1.29 is 13.9 Å². The van der Waals surface area contributed by atoms with Crippen LogP contribution in [-0.2, 0) is 16.0 Å². The molecule has 4 heteroatoms. The van der Waals surface area contributed by atoms with Crippen LogP contribution in [0.2, 0.25) is 0 Å². The normalized spacial score (nSPS) is 30.6. The molecule has 4 nitrogen and oxygen atoms in total. The summed E-state index contributed by atoms with van der Waals surface area (Å²) < 4.78 is 16.5. The van der Waals surface area contributed by atoms with Gasteiger partial charge in [0, 0.05) is 0 Å². The lowest BCUT2D eigenvalue weighted by Gasteiger charge is -2.31. The second-order valence-corrected chi connectivity index (χ2v) is 4.46. The molecule has 3 rings (SSSR count). The molecule has 0 amide bonds. The standard InChI is InChI=1S/C12H17NO3/c1-9-14-12(15-9)11-5-4-10(16-11)8-13-6-2-3-7-13/h4-5,9,12H,2-3,6-8H2,1H3. The molecule has 2 fully saturated rings. The van der Waals surface area contributed by atoms with Gasteiger partial charge in [-0.05, 0) is 45.0 Å². The van der Waals surface area contributed by atoms with Crippen molar-refractivity contribution in [2.45, 2.75) is 38.9 Å². The predicted octanol–water partition coefficient (Wildman–Crippen LogP) is 2.27. The lowest BCUT2D eigenvalue weighted by atomic mass is 10.4. The third-order valence-electron chi connectivity index (χ3n) is 3.12. The van der Waals surface area contributed by atoms with Gasteiger partial charge in [-0.3, -0.25) is 4.90 Å². The Kier molecular flexibility index (Phi) is 2.71. The van der Waals surface area contributed by atoms with Crippen molar-refractivity contribution in [1.82, 2.24) is 4.90 Å². The van der Waals surface area contributed by atoms with Gasteiger partial charge in [0.1, 0.15) is 5.76 Å². The maximum absolute atomic E-state index is 5.71. The fourth-order valence-electron chi connectivity index (χ4n) is 2.26. The molecule has 0 aliphatic carbocycles. The van der Waals surface area contributed by atoms with Crippen molar-refractivity contribution in [1.29, 1.82) is 0 Å². The Morgan fingerprint density at radius 1 is 1.25 bits per heavy atom. The SMILES string of the molecule is CC1OC(c2ccc(CN3CCCC3)o2)O1. The van der Waals surface area contributed by atoms with E-state index in [2.05, 4.69) is 4.90 Å². The van der Waals surface area contributed by atoms with Gasteiger partial charge in [0.2, 0.25) is 6.29 Å². The van der Waals surface area contributed by atoms with Crippen LogP contribution in [-0.4, -0.2) is 24.3 Å². The molecule has 1 aromatic heterocycles. The van der Waals surface area contributed by atoms with Crippen LogP contribution in [0.3, 0.4) is 0 Å². The second-order valence-electron chi connectivity index (χ2n) is 4.46. The summed E-state index contributed by atoms with van der Waals surface area (Å²) in [6, 6.07) is 3.96. The largest absolute Gasteiger partial charge is 0.459 e. The minimum absolute atomic E-state index is 0.0999. The van der Waals surface area contributed by atoms with Crippen molar-refractivity contribution in [3.05, 3.63) is 23.7 Å². The van der Waals surface area contributed by atoms with E-state index in [4.69, 9.17) is 13.9 Å². The molecule has 0 unspecified atom stereocenters. The number of rotatable bonds is 3. The average molecular weight is 223 g/mol.